The van der Waals surface area contributed by atoms with E-state index in [4.69, 9.17) is 25.5 Å². The smallest absolute Gasteiger partial charge is 0.348 e. The first-order valence-corrected chi connectivity index (χ1v) is 10.5. The summed E-state index contributed by atoms with van der Waals surface area (Å²) in [7, 11) is 0. The summed E-state index contributed by atoms with van der Waals surface area (Å²) in [6.07, 6.45) is 1.50. The summed E-state index contributed by atoms with van der Waals surface area (Å²) >= 11 is 7.02. The molecule has 0 radical (unpaired) electrons. The second-order valence-electron chi connectivity index (χ2n) is 6.33. The topological polar surface area (TPSA) is 94.8 Å². The summed E-state index contributed by atoms with van der Waals surface area (Å²) in [5.41, 5.74) is 1.83. The van der Waals surface area contributed by atoms with Crippen molar-refractivity contribution in [2.45, 2.75) is 27.2 Å². The molecule has 1 amide bonds. The SMILES string of the molecule is CCOC(=O)c1sc(NC(=O)Cc2coc3ccc(Cl)cc23)c(C(=O)OCC)c1C. The molecule has 30 heavy (non-hydrogen) atoms. The van der Waals surface area contributed by atoms with Gasteiger partial charge >= 0.3 is 11.9 Å². The van der Waals surface area contributed by atoms with Gasteiger partial charge in [0.1, 0.15) is 15.5 Å². The Morgan fingerprint density at radius 2 is 1.83 bits per heavy atom. The Morgan fingerprint density at radius 3 is 2.53 bits per heavy atom. The summed E-state index contributed by atoms with van der Waals surface area (Å²) in [6.45, 7) is 5.35. The molecule has 0 saturated heterocycles. The highest BCUT2D eigenvalue weighted by molar-refractivity contribution is 7.18. The van der Waals surface area contributed by atoms with E-state index in [1.54, 1.807) is 39.0 Å². The number of carbonyl (C=O) groups is 3. The Labute approximate surface area is 181 Å². The van der Waals surface area contributed by atoms with Crippen LogP contribution in [0.15, 0.2) is 28.9 Å². The number of carbonyl (C=O) groups excluding carboxylic acids is 3. The van der Waals surface area contributed by atoms with Crippen molar-refractivity contribution in [3.63, 3.8) is 0 Å². The molecule has 7 nitrogen and oxygen atoms in total. The third-order valence-corrected chi connectivity index (χ3v) is 5.73. The van der Waals surface area contributed by atoms with E-state index in [-0.39, 0.29) is 41.0 Å². The Bertz CT molecular complexity index is 1120. The van der Waals surface area contributed by atoms with Crippen molar-refractivity contribution in [2.24, 2.45) is 0 Å². The Kier molecular flexibility index (Phi) is 6.79. The zero-order chi connectivity index (χ0) is 21.8. The van der Waals surface area contributed by atoms with Crippen molar-refractivity contribution in [2.75, 3.05) is 18.5 Å². The Balaban J connectivity index is 1.89. The van der Waals surface area contributed by atoms with E-state index < -0.39 is 11.9 Å². The standard InChI is InChI=1S/C21H20ClNO6S/c1-4-27-20(25)17-11(3)18(21(26)28-5-2)30-19(17)23-16(24)8-12-10-29-15-7-6-13(22)9-14(12)15/h6-7,9-10H,4-5,8H2,1-3H3,(H,23,24). The van der Waals surface area contributed by atoms with Gasteiger partial charge in [0.2, 0.25) is 5.91 Å². The van der Waals surface area contributed by atoms with E-state index in [2.05, 4.69) is 5.32 Å². The van der Waals surface area contributed by atoms with Crippen LogP contribution in [0.4, 0.5) is 5.00 Å². The molecule has 3 rings (SSSR count). The fraction of sp³-hybridized carbons (Fsp3) is 0.286. The third kappa shape index (κ3) is 4.49. The molecular formula is C21H20ClNO6S. The molecule has 1 aromatic carbocycles. The van der Waals surface area contributed by atoms with Gasteiger partial charge in [-0.1, -0.05) is 11.6 Å². The lowest BCUT2D eigenvalue weighted by Gasteiger charge is -2.07. The maximum atomic E-state index is 12.7. The lowest BCUT2D eigenvalue weighted by molar-refractivity contribution is -0.115. The zero-order valence-electron chi connectivity index (χ0n) is 16.7. The van der Waals surface area contributed by atoms with Gasteiger partial charge in [0.15, 0.2) is 0 Å². The number of furan rings is 1. The summed E-state index contributed by atoms with van der Waals surface area (Å²) in [5.74, 6) is -1.54. The van der Waals surface area contributed by atoms with Crippen molar-refractivity contribution in [1.29, 1.82) is 0 Å². The van der Waals surface area contributed by atoms with E-state index in [1.165, 1.54) is 6.26 Å². The van der Waals surface area contributed by atoms with Gasteiger partial charge in [-0.3, -0.25) is 4.79 Å². The first-order valence-electron chi connectivity index (χ1n) is 9.28. The number of anilines is 1. The summed E-state index contributed by atoms with van der Waals surface area (Å²) in [4.78, 5) is 37.6. The largest absolute Gasteiger partial charge is 0.464 e. The minimum Gasteiger partial charge on any atom is -0.464 e. The van der Waals surface area contributed by atoms with Crippen molar-refractivity contribution in [3.8, 4) is 0 Å². The number of hydrogen-bond acceptors (Lipinski definition) is 7. The first kappa shape index (κ1) is 21.9. The van der Waals surface area contributed by atoms with Crippen LogP contribution in [0, 0.1) is 6.92 Å². The normalized spacial score (nSPS) is 10.8. The van der Waals surface area contributed by atoms with Gasteiger partial charge < -0.3 is 19.2 Å². The minimum absolute atomic E-state index is 0.00128. The highest BCUT2D eigenvalue weighted by atomic mass is 35.5. The predicted octanol–water partition coefficient (Wildman–Crippen LogP) is 4.99. The van der Waals surface area contributed by atoms with E-state index in [9.17, 15) is 14.4 Å². The number of rotatable bonds is 7. The third-order valence-electron chi connectivity index (χ3n) is 4.31. The maximum Gasteiger partial charge on any atom is 0.348 e. The average Bonchev–Trinajstić information content (AvgIpc) is 3.22. The van der Waals surface area contributed by atoms with E-state index in [0.717, 1.165) is 16.7 Å². The van der Waals surface area contributed by atoms with Crippen LogP contribution in [-0.2, 0) is 20.7 Å². The van der Waals surface area contributed by atoms with Gasteiger partial charge in [-0.25, -0.2) is 9.59 Å². The summed E-state index contributed by atoms with van der Waals surface area (Å²) in [5, 5.41) is 4.23. The van der Waals surface area contributed by atoms with E-state index in [0.29, 0.717) is 21.7 Å². The molecule has 1 N–H and O–H groups in total. The number of hydrogen-bond donors (Lipinski definition) is 1. The minimum atomic E-state index is -0.613. The van der Waals surface area contributed by atoms with E-state index in [1.807, 2.05) is 0 Å². The quantitative estimate of drug-likeness (QED) is 0.510. The fourth-order valence-electron chi connectivity index (χ4n) is 2.98. The molecule has 0 aliphatic carbocycles. The molecule has 0 aliphatic heterocycles. The molecule has 158 valence electrons. The number of benzene rings is 1. The molecule has 2 heterocycles. The van der Waals surface area contributed by atoms with Crippen LogP contribution in [-0.4, -0.2) is 31.1 Å². The highest BCUT2D eigenvalue weighted by Gasteiger charge is 2.27. The number of ether oxygens (including phenoxy) is 2. The number of esters is 2. The van der Waals surface area contributed by atoms with Gasteiger partial charge in [0.25, 0.3) is 0 Å². The number of amides is 1. The molecule has 3 aromatic rings. The summed E-state index contributed by atoms with van der Waals surface area (Å²) in [6, 6.07) is 5.15. The molecular weight excluding hydrogens is 430 g/mol. The lowest BCUT2D eigenvalue weighted by atomic mass is 10.1. The molecule has 0 saturated carbocycles. The van der Waals surface area contributed by atoms with Crippen LogP contribution in [0.5, 0.6) is 0 Å². The lowest BCUT2D eigenvalue weighted by Crippen LogP contribution is -2.16. The fourth-order valence-corrected chi connectivity index (χ4v) is 4.25. The van der Waals surface area contributed by atoms with Crippen LogP contribution >= 0.6 is 22.9 Å². The molecule has 0 fully saturated rings. The van der Waals surface area contributed by atoms with Crippen molar-refractivity contribution in [3.05, 3.63) is 51.1 Å². The predicted molar refractivity (Wildman–Crippen MR) is 115 cm³/mol. The van der Waals surface area contributed by atoms with Crippen molar-refractivity contribution < 1.29 is 28.3 Å². The second kappa shape index (κ2) is 9.32. The molecule has 0 unspecified atom stereocenters. The molecule has 0 aliphatic rings. The van der Waals surface area contributed by atoms with Crippen LogP contribution in [0.3, 0.4) is 0 Å². The molecule has 0 spiro atoms. The monoisotopic (exact) mass is 449 g/mol. The van der Waals surface area contributed by atoms with Crippen LogP contribution in [0.1, 0.15) is 45.0 Å². The van der Waals surface area contributed by atoms with Crippen LogP contribution in [0.25, 0.3) is 11.0 Å². The highest BCUT2D eigenvalue weighted by Crippen LogP contribution is 2.34. The number of thiophene rings is 1. The maximum absolute atomic E-state index is 12.7. The van der Waals surface area contributed by atoms with Gasteiger partial charge in [-0.2, -0.15) is 0 Å². The van der Waals surface area contributed by atoms with Crippen LogP contribution < -0.4 is 5.32 Å². The van der Waals surface area contributed by atoms with Crippen LogP contribution in [0.2, 0.25) is 5.02 Å². The molecule has 0 bridgehead atoms. The Hall–Kier alpha value is -2.84. The van der Waals surface area contributed by atoms with Gasteiger partial charge in [-0.05, 0) is 44.5 Å². The van der Waals surface area contributed by atoms with Gasteiger partial charge in [-0.15, -0.1) is 11.3 Å². The van der Waals surface area contributed by atoms with Gasteiger partial charge in [0.05, 0.1) is 31.5 Å². The molecule has 2 aromatic heterocycles. The number of halogens is 1. The summed E-state index contributed by atoms with van der Waals surface area (Å²) < 4.78 is 15.6. The van der Waals surface area contributed by atoms with Crippen molar-refractivity contribution in [1.82, 2.24) is 0 Å². The Morgan fingerprint density at radius 1 is 1.13 bits per heavy atom. The molecule has 0 atom stereocenters. The van der Waals surface area contributed by atoms with Gasteiger partial charge in [0, 0.05) is 16.0 Å². The van der Waals surface area contributed by atoms with E-state index >= 15 is 0 Å². The second-order valence-corrected chi connectivity index (χ2v) is 7.78. The zero-order valence-corrected chi connectivity index (χ0v) is 18.2. The average molecular weight is 450 g/mol. The first-order chi connectivity index (χ1) is 14.3. The number of nitrogens with one attached hydrogen (secondary N) is 1. The number of fused-ring (bicyclic) bond motifs is 1. The van der Waals surface area contributed by atoms with Crippen molar-refractivity contribution >= 4 is 56.8 Å². The molecule has 9 heteroatoms.